The van der Waals surface area contributed by atoms with Crippen molar-refractivity contribution in [3.8, 4) is 0 Å². The fourth-order valence-corrected chi connectivity index (χ4v) is 1.94. The van der Waals surface area contributed by atoms with Gasteiger partial charge in [-0.1, -0.05) is 32.4 Å². The molecule has 0 aromatic heterocycles. The van der Waals surface area contributed by atoms with E-state index < -0.39 is 35.2 Å². The van der Waals surface area contributed by atoms with Crippen molar-refractivity contribution in [2.45, 2.75) is 32.5 Å². The average Bonchev–Trinajstić information content (AvgIpc) is 2.50. The third-order valence-corrected chi connectivity index (χ3v) is 3.43. The Hall–Kier alpha value is -2.05. The maximum atomic E-state index is 12.9. The summed E-state index contributed by atoms with van der Waals surface area (Å²) in [6.07, 6.45) is -4.09. The molecule has 2 atom stereocenters. The predicted molar refractivity (Wildman–Crippen MR) is 74.2 cm³/mol. The SMILES string of the molecule is CC[C@H](C)[C@@H](NC(=O)c1ccccc1C(F)(F)F)C(=O)OC. The first-order valence-electron chi connectivity index (χ1n) is 6.77. The van der Waals surface area contributed by atoms with Gasteiger partial charge in [0, 0.05) is 0 Å². The number of carbonyl (C=O) groups excluding carboxylic acids is 2. The fraction of sp³-hybridized carbons (Fsp3) is 0.467. The molecule has 0 aliphatic rings. The zero-order valence-electron chi connectivity index (χ0n) is 12.5. The van der Waals surface area contributed by atoms with Gasteiger partial charge in [-0.05, 0) is 18.1 Å². The first-order valence-corrected chi connectivity index (χ1v) is 6.77. The molecular weight excluding hydrogens is 299 g/mol. The molecule has 22 heavy (non-hydrogen) atoms. The molecule has 0 bridgehead atoms. The lowest BCUT2D eigenvalue weighted by molar-refractivity contribution is -0.144. The van der Waals surface area contributed by atoms with Crippen molar-refractivity contribution in [1.29, 1.82) is 0 Å². The van der Waals surface area contributed by atoms with Crippen LogP contribution in [0.2, 0.25) is 0 Å². The summed E-state index contributed by atoms with van der Waals surface area (Å²) in [7, 11) is 1.16. The first kappa shape index (κ1) is 18.0. The van der Waals surface area contributed by atoms with E-state index in [0.29, 0.717) is 6.42 Å². The van der Waals surface area contributed by atoms with Crippen LogP contribution < -0.4 is 5.32 Å². The van der Waals surface area contributed by atoms with Gasteiger partial charge >= 0.3 is 12.1 Å². The summed E-state index contributed by atoms with van der Waals surface area (Å²) in [6.45, 7) is 3.51. The molecule has 122 valence electrons. The Bertz CT molecular complexity index is 543. The lowest BCUT2D eigenvalue weighted by Crippen LogP contribution is -2.46. The molecule has 0 aliphatic heterocycles. The van der Waals surface area contributed by atoms with Gasteiger partial charge in [0.2, 0.25) is 0 Å². The number of carbonyl (C=O) groups is 2. The van der Waals surface area contributed by atoms with E-state index in [0.717, 1.165) is 19.2 Å². The second-order valence-electron chi connectivity index (χ2n) is 4.90. The minimum atomic E-state index is -4.65. The predicted octanol–water partition coefficient (Wildman–Crippen LogP) is 3.02. The van der Waals surface area contributed by atoms with Crippen LogP contribution in [0.15, 0.2) is 24.3 Å². The van der Waals surface area contributed by atoms with Crippen LogP contribution in [0.4, 0.5) is 13.2 Å². The van der Waals surface area contributed by atoms with E-state index in [1.807, 2.05) is 0 Å². The van der Waals surface area contributed by atoms with Gasteiger partial charge in [-0.3, -0.25) is 4.79 Å². The summed E-state index contributed by atoms with van der Waals surface area (Å²) in [4.78, 5) is 23.8. The highest BCUT2D eigenvalue weighted by molar-refractivity contribution is 5.98. The Balaban J connectivity index is 3.08. The van der Waals surface area contributed by atoms with Gasteiger partial charge in [0.1, 0.15) is 6.04 Å². The van der Waals surface area contributed by atoms with E-state index in [-0.39, 0.29) is 5.92 Å². The van der Waals surface area contributed by atoms with E-state index in [9.17, 15) is 22.8 Å². The highest BCUT2D eigenvalue weighted by Gasteiger charge is 2.36. The number of amides is 1. The van der Waals surface area contributed by atoms with E-state index >= 15 is 0 Å². The zero-order valence-corrected chi connectivity index (χ0v) is 12.5. The average molecular weight is 317 g/mol. The highest BCUT2D eigenvalue weighted by atomic mass is 19.4. The van der Waals surface area contributed by atoms with Crippen LogP contribution in [0.3, 0.4) is 0 Å². The van der Waals surface area contributed by atoms with Crippen molar-refractivity contribution < 1.29 is 27.5 Å². The number of rotatable bonds is 5. The minimum Gasteiger partial charge on any atom is -0.467 e. The lowest BCUT2D eigenvalue weighted by Gasteiger charge is -2.22. The molecule has 1 aromatic rings. The number of hydrogen-bond donors (Lipinski definition) is 1. The normalized spacial score (nSPS) is 14.1. The highest BCUT2D eigenvalue weighted by Crippen LogP contribution is 2.31. The topological polar surface area (TPSA) is 55.4 Å². The third kappa shape index (κ3) is 4.22. The van der Waals surface area contributed by atoms with Gasteiger partial charge in [0.15, 0.2) is 0 Å². The summed E-state index contributed by atoms with van der Waals surface area (Å²) >= 11 is 0. The first-order chi connectivity index (χ1) is 10.2. The molecular formula is C15H18F3NO3. The molecule has 0 saturated carbocycles. The number of ether oxygens (including phenoxy) is 1. The zero-order chi connectivity index (χ0) is 16.9. The van der Waals surface area contributed by atoms with Crippen LogP contribution in [0, 0.1) is 5.92 Å². The summed E-state index contributed by atoms with van der Waals surface area (Å²) in [5, 5.41) is 2.33. The Morgan fingerprint density at radius 2 is 1.86 bits per heavy atom. The quantitative estimate of drug-likeness (QED) is 0.849. The lowest BCUT2D eigenvalue weighted by atomic mass is 9.98. The van der Waals surface area contributed by atoms with Crippen molar-refractivity contribution in [3.05, 3.63) is 35.4 Å². The molecule has 1 rings (SSSR count). The number of halogens is 3. The van der Waals surface area contributed by atoms with Crippen LogP contribution in [0.25, 0.3) is 0 Å². The maximum absolute atomic E-state index is 12.9. The molecule has 0 unspecified atom stereocenters. The molecule has 4 nitrogen and oxygen atoms in total. The molecule has 1 amide bonds. The van der Waals surface area contributed by atoms with Gasteiger partial charge in [-0.25, -0.2) is 4.79 Å². The molecule has 1 aromatic carbocycles. The summed E-state index contributed by atoms with van der Waals surface area (Å²) in [6, 6.07) is 3.44. The maximum Gasteiger partial charge on any atom is 0.417 e. The van der Waals surface area contributed by atoms with Crippen molar-refractivity contribution in [2.75, 3.05) is 7.11 Å². The van der Waals surface area contributed by atoms with Gasteiger partial charge < -0.3 is 10.1 Å². The molecule has 0 saturated heterocycles. The van der Waals surface area contributed by atoms with Gasteiger partial charge in [0.25, 0.3) is 5.91 Å². The monoisotopic (exact) mass is 317 g/mol. The Morgan fingerprint density at radius 1 is 1.27 bits per heavy atom. The van der Waals surface area contributed by atoms with Gasteiger partial charge in [-0.15, -0.1) is 0 Å². The number of alkyl halides is 3. The molecule has 0 spiro atoms. The Kier molecular flexibility index (Phi) is 5.96. The van der Waals surface area contributed by atoms with Crippen molar-refractivity contribution >= 4 is 11.9 Å². The minimum absolute atomic E-state index is 0.269. The van der Waals surface area contributed by atoms with Crippen molar-refractivity contribution in [1.82, 2.24) is 5.32 Å². The standard InChI is InChI=1S/C15H18F3NO3/c1-4-9(2)12(14(21)22-3)19-13(20)10-7-5-6-8-11(10)15(16,17)18/h5-9,12H,4H2,1-3H3,(H,19,20)/t9-,12+/m0/s1. The summed E-state index contributed by atoms with van der Waals surface area (Å²) in [5.74, 6) is -1.91. The largest absolute Gasteiger partial charge is 0.467 e. The van der Waals surface area contributed by atoms with Crippen LogP contribution in [-0.4, -0.2) is 25.0 Å². The van der Waals surface area contributed by atoms with Crippen LogP contribution in [0.1, 0.15) is 36.2 Å². The second kappa shape index (κ2) is 7.29. The molecule has 0 fully saturated rings. The van der Waals surface area contributed by atoms with Crippen LogP contribution in [0.5, 0.6) is 0 Å². The van der Waals surface area contributed by atoms with E-state index in [2.05, 4.69) is 10.1 Å². The molecule has 0 radical (unpaired) electrons. The Morgan fingerprint density at radius 3 is 2.36 bits per heavy atom. The smallest absolute Gasteiger partial charge is 0.417 e. The second-order valence-corrected chi connectivity index (χ2v) is 4.90. The van der Waals surface area contributed by atoms with Crippen molar-refractivity contribution in [3.63, 3.8) is 0 Å². The van der Waals surface area contributed by atoms with Crippen molar-refractivity contribution in [2.24, 2.45) is 5.92 Å². The number of esters is 1. The molecule has 1 N–H and O–H groups in total. The molecule has 0 heterocycles. The number of nitrogens with one attached hydrogen (secondary N) is 1. The van der Waals surface area contributed by atoms with Gasteiger partial charge in [-0.2, -0.15) is 13.2 Å². The van der Waals surface area contributed by atoms with E-state index in [4.69, 9.17) is 0 Å². The van der Waals surface area contributed by atoms with E-state index in [1.165, 1.54) is 12.1 Å². The van der Waals surface area contributed by atoms with E-state index in [1.54, 1.807) is 13.8 Å². The molecule has 7 heteroatoms. The third-order valence-electron chi connectivity index (χ3n) is 3.43. The summed E-state index contributed by atoms with van der Waals surface area (Å²) < 4.78 is 43.4. The molecule has 0 aliphatic carbocycles. The number of benzene rings is 1. The summed E-state index contributed by atoms with van der Waals surface area (Å²) in [5.41, 5.74) is -1.56. The Labute approximate surface area is 126 Å². The fourth-order valence-electron chi connectivity index (χ4n) is 1.94. The van der Waals surface area contributed by atoms with Gasteiger partial charge in [0.05, 0.1) is 18.2 Å². The van der Waals surface area contributed by atoms with Crippen LogP contribution >= 0.6 is 0 Å². The number of hydrogen-bond acceptors (Lipinski definition) is 3. The van der Waals surface area contributed by atoms with Crippen LogP contribution in [-0.2, 0) is 15.7 Å². The number of methoxy groups -OCH3 is 1.